The molecule has 1 rings (SSSR count). The number of rotatable bonds is 6. The van der Waals surface area contributed by atoms with Crippen molar-refractivity contribution in [3.8, 4) is 0 Å². The molecule has 2 atom stereocenters. The van der Waals surface area contributed by atoms with E-state index in [2.05, 4.69) is 27.8 Å². The molecule has 1 aromatic rings. The van der Waals surface area contributed by atoms with Crippen LogP contribution in [0.15, 0.2) is 22.7 Å². The van der Waals surface area contributed by atoms with E-state index in [1.165, 1.54) is 5.56 Å². The normalized spacial score (nSPS) is 14.8. The fourth-order valence-electron chi connectivity index (χ4n) is 1.85. The highest BCUT2D eigenvalue weighted by Crippen LogP contribution is 2.25. The van der Waals surface area contributed by atoms with Gasteiger partial charge in [0.15, 0.2) is 0 Å². The Morgan fingerprint density at radius 1 is 1.39 bits per heavy atom. The van der Waals surface area contributed by atoms with Crippen LogP contribution in [0.1, 0.15) is 30.6 Å². The number of hydrogen-bond donors (Lipinski definition) is 2. The summed E-state index contributed by atoms with van der Waals surface area (Å²) in [6, 6.07) is 5.75. The summed E-state index contributed by atoms with van der Waals surface area (Å²) in [6.45, 7) is 2.99. The molecule has 2 unspecified atom stereocenters. The van der Waals surface area contributed by atoms with Gasteiger partial charge < -0.3 is 15.7 Å². The molecule has 0 aliphatic carbocycles. The van der Waals surface area contributed by atoms with Crippen molar-refractivity contribution in [1.29, 1.82) is 0 Å². The van der Waals surface area contributed by atoms with E-state index in [0.717, 1.165) is 29.4 Å². The zero-order valence-electron chi connectivity index (χ0n) is 11.4. The maximum Gasteiger partial charge on any atom is 0.0941 e. The van der Waals surface area contributed by atoms with Crippen molar-refractivity contribution in [2.45, 2.75) is 31.9 Å². The number of nitrogens with two attached hydrogens (primary N) is 1. The van der Waals surface area contributed by atoms with E-state index in [1.807, 2.05) is 32.3 Å². The smallest absolute Gasteiger partial charge is 0.0941 e. The first-order valence-electron chi connectivity index (χ1n) is 6.32. The molecule has 0 bridgehead atoms. The summed E-state index contributed by atoms with van der Waals surface area (Å²) in [4.78, 5) is 2.07. The molecule has 3 N–H and O–H groups in total. The fourth-order valence-corrected chi connectivity index (χ4v) is 2.52. The number of aryl methyl sites for hydroxylation is 1. The maximum atomic E-state index is 10.2. The number of benzene rings is 1. The number of hydrogen-bond acceptors (Lipinski definition) is 3. The molecule has 0 radical (unpaired) electrons. The third-order valence-corrected chi connectivity index (χ3v) is 3.85. The van der Waals surface area contributed by atoms with Gasteiger partial charge in [0.2, 0.25) is 0 Å². The minimum Gasteiger partial charge on any atom is -0.387 e. The number of nitrogens with zero attached hydrogens (tertiary/aromatic N) is 1. The Labute approximate surface area is 118 Å². The Kier molecular flexibility index (Phi) is 6.29. The van der Waals surface area contributed by atoms with E-state index >= 15 is 0 Å². The van der Waals surface area contributed by atoms with Gasteiger partial charge in [0, 0.05) is 10.5 Å². The molecule has 3 nitrogen and oxygen atoms in total. The molecule has 0 aromatic heterocycles. The van der Waals surface area contributed by atoms with Gasteiger partial charge in [-0.25, -0.2) is 0 Å². The molecular formula is C14H23BrN2O. The van der Waals surface area contributed by atoms with Crippen LogP contribution < -0.4 is 5.73 Å². The van der Waals surface area contributed by atoms with Gasteiger partial charge in [0.05, 0.1) is 6.10 Å². The lowest BCUT2D eigenvalue weighted by molar-refractivity contribution is 0.137. The second-order valence-corrected chi connectivity index (χ2v) is 5.76. The molecule has 0 aliphatic rings. The van der Waals surface area contributed by atoms with Gasteiger partial charge in [-0.1, -0.05) is 35.0 Å². The summed E-state index contributed by atoms with van der Waals surface area (Å²) in [6.07, 6.45) is 1.15. The molecule has 0 aliphatic heterocycles. The van der Waals surface area contributed by atoms with Crippen molar-refractivity contribution >= 4 is 15.9 Å². The van der Waals surface area contributed by atoms with Crippen LogP contribution in [0.3, 0.4) is 0 Å². The first kappa shape index (κ1) is 15.6. The highest BCUT2D eigenvalue weighted by molar-refractivity contribution is 9.10. The molecule has 102 valence electrons. The second kappa shape index (κ2) is 7.24. The molecule has 0 heterocycles. The third-order valence-electron chi connectivity index (χ3n) is 3.11. The summed E-state index contributed by atoms with van der Waals surface area (Å²) in [5.41, 5.74) is 8.15. The van der Waals surface area contributed by atoms with E-state index in [9.17, 15) is 5.11 Å². The van der Waals surface area contributed by atoms with E-state index < -0.39 is 6.10 Å². The van der Waals surface area contributed by atoms with Crippen molar-refractivity contribution in [1.82, 2.24) is 4.90 Å². The van der Waals surface area contributed by atoms with Crippen molar-refractivity contribution < 1.29 is 5.11 Å². The van der Waals surface area contributed by atoms with Gasteiger partial charge in [-0.15, -0.1) is 0 Å². The summed E-state index contributed by atoms with van der Waals surface area (Å²) >= 11 is 3.53. The summed E-state index contributed by atoms with van der Waals surface area (Å²) in [7, 11) is 4.01. The Morgan fingerprint density at radius 2 is 2.06 bits per heavy atom. The third kappa shape index (κ3) is 4.35. The number of aliphatic hydroxyl groups is 1. The average molecular weight is 315 g/mol. The molecule has 0 saturated carbocycles. The van der Waals surface area contributed by atoms with Gasteiger partial charge in [-0.2, -0.15) is 0 Å². The number of halogens is 1. The fraction of sp³-hybridized carbons (Fsp3) is 0.571. The highest BCUT2D eigenvalue weighted by atomic mass is 79.9. The van der Waals surface area contributed by atoms with Crippen molar-refractivity contribution in [3.63, 3.8) is 0 Å². The lowest BCUT2D eigenvalue weighted by Gasteiger charge is -2.21. The van der Waals surface area contributed by atoms with Crippen LogP contribution in [0.25, 0.3) is 0 Å². The highest BCUT2D eigenvalue weighted by Gasteiger charge is 2.17. The minimum atomic E-state index is -0.604. The lowest BCUT2D eigenvalue weighted by atomic mass is 9.99. The topological polar surface area (TPSA) is 49.5 Å². The number of aliphatic hydroxyl groups excluding tert-OH is 1. The van der Waals surface area contributed by atoms with Crippen LogP contribution in [0.4, 0.5) is 0 Å². The molecule has 18 heavy (non-hydrogen) atoms. The van der Waals surface area contributed by atoms with Crippen LogP contribution in [0.2, 0.25) is 0 Å². The van der Waals surface area contributed by atoms with Crippen molar-refractivity contribution in [2.24, 2.45) is 5.73 Å². The molecule has 1 aromatic carbocycles. The SMILES string of the molecule is CCc1ccc(C(O)C(N)CCN(C)C)cc1Br. The zero-order valence-corrected chi connectivity index (χ0v) is 12.9. The van der Waals surface area contributed by atoms with Crippen LogP contribution in [-0.4, -0.2) is 36.7 Å². The second-order valence-electron chi connectivity index (χ2n) is 4.91. The van der Waals surface area contributed by atoms with E-state index in [0.29, 0.717) is 0 Å². The predicted octanol–water partition coefficient (Wildman–Crippen LogP) is 2.32. The Balaban J connectivity index is 2.71. The lowest BCUT2D eigenvalue weighted by Crippen LogP contribution is -2.32. The molecular weight excluding hydrogens is 292 g/mol. The molecule has 0 saturated heterocycles. The Hall–Kier alpha value is -0.420. The monoisotopic (exact) mass is 314 g/mol. The van der Waals surface area contributed by atoms with Gasteiger partial charge in [0.1, 0.15) is 0 Å². The van der Waals surface area contributed by atoms with Gasteiger partial charge in [-0.05, 0) is 50.7 Å². The van der Waals surface area contributed by atoms with Crippen molar-refractivity contribution in [3.05, 3.63) is 33.8 Å². The molecule has 4 heteroatoms. The molecule has 0 amide bonds. The van der Waals surface area contributed by atoms with E-state index in [-0.39, 0.29) is 6.04 Å². The van der Waals surface area contributed by atoms with Crippen LogP contribution in [-0.2, 0) is 6.42 Å². The summed E-state index contributed by atoms with van der Waals surface area (Å²) in [5, 5.41) is 10.2. The van der Waals surface area contributed by atoms with Crippen LogP contribution in [0, 0.1) is 0 Å². The Bertz CT molecular complexity index is 382. The quantitative estimate of drug-likeness (QED) is 0.847. The summed E-state index contributed by atoms with van der Waals surface area (Å²) < 4.78 is 1.04. The van der Waals surface area contributed by atoms with E-state index in [4.69, 9.17) is 5.73 Å². The predicted molar refractivity (Wildman–Crippen MR) is 79.6 cm³/mol. The van der Waals surface area contributed by atoms with Crippen LogP contribution in [0.5, 0.6) is 0 Å². The Morgan fingerprint density at radius 3 is 2.56 bits per heavy atom. The summed E-state index contributed by atoms with van der Waals surface area (Å²) in [5.74, 6) is 0. The van der Waals surface area contributed by atoms with E-state index in [1.54, 1.807) is 0 Å². The van der Waals surface area contributed by atoms with Crippen LogP contribution >= 0.6 is 15.9 Å². The van der Waals surface area contributed by atoms with Gasteiger partial charge >= 0.3 is 0 Å². The first-order chi connectivity index (χ1) is 8.45. The van der Waals surface area contributed by atoms with Gasteiger partial charge in [-0.3, -0.25) is 0 Å². The average Bonchev–Trinajstić information content (AvgIpc) is 2.34. The maximum absolute atomic E-state index is 10.2. The first-order valence-corrected chi connectivity index (χ1v) is 7.11. The zero-order chi connectivity index (χ0) is 13.7. The van der Waals surface area contributed by atoms with Crippen molar-refractivity contribution in [2.75, 3.05) is 20.6 Å². The molecule has 0 spiro atoms. The minimum absolute atomic E-state index is 0.230. The van der Waals surface area contributed by atoms with Gasteiger partial charge in [0.25, 0.3) is 0 Å². The molecule has 0 fully saturated rings. The largest absolute Gasteiger partial charge is 0.387 e. The standard InChI is InChI=1S/C14H23BrN2O/c1-4-10-5-6-11(9-12(10)15)14(18)13(16)7-8-17(2)3/h5-6,9,13-14,18H,4,7-8,16H2,1-3H3.